The monoisotopic (exact) mass is 263 g/mol. The molecule has 0 aliphatic rings. The summed E-state index contributed by atoms with van der Waals surface area (Å²) in [5.41, 5.74) is 0. The van der Waals surface area contributed by atoms with Crippen LogP contribution in [0.3, 0.4) is 0 Å². The molecule has 1 rings (SSSR count). The summed E-state index contributed by atoms with van der Waals surface area (Å²) in [7, 11) is 0. The summed E-state index contributed by atoms with van der Waals surface area (Å²) in [6.07, 6.45) is 0.232. The van der Waals surface area contributed by atoms with Crippen LogP contribution < -0.4 is 0 Å². The Morgan fingerprint density at radius 2 is 2.00 bits per heavy atom. The van der Waals surface area contributed by atoms with Gasteiger partial charge >= 0.3 is 5.82 Å². The minimum absolute atomic E-state index is 0.0819. The Morgan fingerprint density at radius 3 is 2.33 bits per heavy atom. The third-order valence-electron chi connectivity index (χ3n) is 1.97. The van der Waals surface area contributed by atoms with E-state index in [1.165, 1.54) is 10.8 Å². The molecule has 0 saturated carbocycles. The van der Waals surface area contributed by atoms with Crippen LogP contribution in [0.15, 0.2) is 6.20 Å². The van der Waals surface area contributed by atoms with Crippen molar-refractivity contribution in [2.75, 3.05) is 19.8 Å². The van der Waals surface area contributed by atoms with Gasteiger partial charge in [0.1, 0.15) is 18.8 Å². The topological polar surface area (TPSA) is 142 Å². The van der Waals surface area contributed by atoms with Gasteiger partial charge in [-0.05, 0) is 4.92 Å². The van der Waals surface area contributed by atoms with E-state index >= 15 is 0 Å². The zero-order valence-corrected chi connectivity index (χ0v) is 9.93. The number of imidazole rings is 1. The van der Waals surface area contributed by atoms with Crippen LogP contribution >= 0.6 is 0 Å². The first-order valence-electron chi connectivity index (χ1n) is 5.15. The predicted molar refractivity (Wildman–Crippen MR) is 60.9 cm³/mol. The number of nitro groups is 1. The zero-order chi connectivity index (χ0) is 14.1. The van der Waals surface area contributed by atoms with E-state index in [1.54, 1.807) is 6.92 Å². The average molecular weight is 263 g/mol. The first kappa shape index (κ1) is 16.4. The van der Waals surface area contributed by atoms with Gasteiger partial charge in [0.2, 0.25) is 0 Å². The van der Waals surface area contributed by atoms with E-state index in [2.05, 4.69) is 4.98 Å². The highest BCUT2D eigenvalue weighted by atomic mass is 16.6. The predicted octanol–water partition coefficient (Wildman–Crippen LogP) is -1.58. The van der Waals surface area contributed by atoms with E-state index in [-0.39, 0.29) is 32.2 Å². The molecule has 0 aliphatic heterocycles. The van der Waals surface area contributed by atoms with E-state index in [9.17, 15) is 10.1 Å². The Bertz CT molecular complexity index is 363. The van der Waals surface area contributed by atoms with Crippen molar-refractivity contribution in [3.8, 4) is 0 Å². The number of nitrogens with zero attached hydrogens (tertiary/aromatic N) is 3. The molecule has 18 heavy (non-hydrogen) atoms. The van der Waals surface area contributed by atoms with Crippen LogP contribution in [-0.2, 0) is 6.54 Å². The second kappa shape index (κ2) is 8.53. The lowest BCUT2D eigenvalue weighted by Crippen LogP contribution is -2.15. The molecule has 1 heterocycles. The number of hydrogen-bond donors (Lipinski definition) is 4. The number of aliphatic hydroxyl groups excluding tert-OH is 4. The zero-order valence-electron chi connectivity index (χ0n) is 9.93. The molecule has 9 nitrogen and oxygen atoms in total. The summed E-state index contributed by atoms with van der Waals surface area (Å²) in [4.78, 5) is 13.6. The Balaban J connectivity index is 0.000000411. The van der Waals surface area contributed by atoms with Crippen molar-refractivity contribution in [1.82, 2.24) is 9.55 Å². The van der Waals surface area contributed by atoms with Gasteiger partial charge < -0.3 is 30.5 Å². The SMILES string of the molecule is Cc1ncc([N+](=O)[O-])n1CCO.OCC(O)CO. The summed E-state index contributed by atoms with van der Waals surface area (Å²) in [5, 5.41) is 43.0. The van der Waals surface area contributed by atoms with E-state index in [0.29, 0.717) is 5.82 Å². The number of rotatable bonds is 5. The standard InChI is InChI=1S/C6H9N3O3.C3H8O3/c1-5-7-4-6(9(11)12)8(5)2-3-10;4-1-3(6)2-5/h4,10H,2-3H2,1H3;3-6H,1-2H2. The molecule has 0 saturated heterocycles. The molecule has 0 spiro atoms. The molecule has 0 fully saturated rings. The molecule has 1 aromatic rings. The van der Waals surface area contributed by atoms with Gasteiger partial charge in [0, 0.05) is 6.92 Å². The Labute approximate surface area is 103 Å². The van der Waals surface area contributed by atoms with Crippen molar-refractivity contribution in [3.05, 3.63) is 22.1 Å². The third-order valence-corrected chi connectivity index (χ3v) is 1.97. The number of aliphatic hydroxyl groups is 4. The lowest BCUT2D eigenvalue weighted by atomic mass is 10.4. The molecule has 0 bridgehead atoms. The highest BCUT2D eigenvalue weighted by Crippen LogP contribution is 2.12. The smallest absolute Gasteiger partial charge is 0.342 e. The molecule has 0 aliphatic carbocycles. The summed E-state index contributed by atoms with van der Waals surface area (Å²) in [6.45, 7) is 1.01. The van der Waals surface area contributed by atoms with Crippen molar-refractivity contribution < 1.29 is 25.3 Å². The van der Waals surface area contributed by atoms with Gasteiger partial charge in [-0.3, -0.25) is 0 Å². The molecule has 0 amide bonds. The first-order valence-corrected chi connectivity index (χ1v) is 5.15. The highest BCUT2D eigenvalue weighted by Gasteiger charge is 2.15. The van der Waals surface area contributed by atoms with Crippen LogP contribution in [0, 0.1) is 17.0 Å². The minimum atomic E-state index is -0.954. The lowest BCUT2D eigenvalue weighted by molar-refractivity contribution is -0.392. The summed E-state index contributed by atoms with van der Waals surface area (Å²) < 4.78 is 1.36. The van der Waals surface area contributed by atoms with E-state index in [4.69, 9.17) is 20.4 Å². The quantitative estimate of drug-likeness (QED) is 0.371. The third kappa shape index (κ3) is 5.19. The van der Waals surface area contributed by atoms with Gasteiger partial charge in [0.25, 0.3) is 0 Å². The van der Waals surface area contributed by atoms with Gasteiger partial charge in [0.15, 0.2) is 5.82 Å². The fraction of sp³-hybridized carbons (Fsp3) is 0.667. The van der Waals surface area contributed by atoms with Crippen LogP contribution in [0.25, 0.3) is 0 Å². The molecule has 0 radical (unpaired) electrons. The van der Waals surface area contributed by atoms with E-state index in [1.807, 2.05) is 0 Å². The van der Waals surface area contributed by atoms with Crippen molar-refractivity contribution in [1.29, 1.82) is 0 Å². The number of hydrogen-bond acceptors (Lipinski definition) is 7. The average Bonchev–Trinajstić information content (AvgIpc) is 2.71. The molecule has 0 aromatic carbocycles. The van der Waals surface area contributed by atoms with Gasteiger partial charge in [-0.25, -0.2) is 9.55 Å². The van der Waals surface area contributed by atoms with E-state index < -0.39 is 11.0 Å². The second-order valence-electron chi connectivity index (χ2n) is 3.31. The van der Waals surface area contributed by atoms with Crippen LogP contribution in [0.2, 0.25) is 0 Å². The summed E-state index contributed by atoms with van der Waals surface area (Å²) in [5.74, 6) is 0.456. The lowest BCUT2D eigenvalue weighted by Gasteiger charge is -1.98. The molecule has 4 N–H and O–H groups in total. The first-order chi connectivity index (χ1) is 8.47. The van der Waals surface area contributed by atoms with Crippen LogP contribution in [0.4, 0.5) is 5.82 Å². The molecule has 0 atom stereocenters. The fourth-order valence-corrected chi connectivity index (χ4v) is 1.04. The van der Waals surface area contributed by atoms with Crippen molar-refractivity contribution in [2.24, 2.45) is 0 Å². The second-order valence-corrected chi connectivity index (χ2v) is 3.31. The van der Waals surface area contributed by atoms with Crippen molar-refractivity contribution in [2.45, 2.75) is 19.6 Å². The number of aryl methyl sites for hydroxylation is 1. The van der Waals surface area contributed by atoms with Crippen molar-refractivity contribution >= 4 is 5.82 Å². The van der Waals surface area contributed by atoms with Crippen LogP contribution in [0.5, 0.6) is 0 Å². The minimum Gasteiger partial charge on any atom is -0.394 e. The maximum atomic E-state index is 10.4. The largest absolute Gasteiger partial charge is 0.394 e. The van der Waals surface area contributed by atoms with Gasteiger partial charge in [-0.1, -0.05) is 0 Å². The molecule has 0 unspecified atom stereocenters. The van der Waals surface area contributed by atoms with Gasteiger partial charge in [0.05, 0.1) is 19.8 Å². The van der Waals surface area contributed by atoms with Crippen LogP contribution in [0.1, 0.15) is 5.82 Å². The maximum Gasteiger partial charge on any atom is 0.342 e. The van der Waals surface area contributed by atoms with Crippen LogP contribution in [-0.4, -0.2) is 60.8 Å². The Morgan fingerprint density at radius 1 is 1.44 bits per heavy atom. The molecule has 104 valence electrons. The Kier molecular flexibility index (Phi) is 7.79. The maximum absolute atomic E-state index is 10.4. The Hall–Kier alpha value is -1.55. The molecular weight excluding hydrogens is 246 g/mol. The molecule has 1 aromatic heterocycles. The van der Waals surface area contributed by atoms with Gasteiger partial charge in [-0.2, -0.15) is 0 Å². The summed E-state index contributed by atoms with van der Waals surface area (Å²) >= 11 is 0. The molecule has 9 heteroatoms. The van der Waals surface area contributed by atoms with E-state index in [0.717, 1.165) is 0 Å². The molecular formula is C9H17N3O6. The number of aromatic nitrogens is 2. The normalized spacial score (nSPS) is 10.1. The van der Waals surface area contributed by atoms with Crippen molar-refractivity contribution in [3.63, 3.8) is 0 Å². The summed E-state index contributed by atoms with van der Waals surface area (Å²) in [6, 6.07) is 0. The van der Waals surface area contributed by atoms with Gasteiger partial charge in [-0.15, -0.1) is 0 Å². The highest BCUT2D eigenvalue weighted by molar-refractivity contribution is 5.18. The fourth-order valence-electron chi connectivity index (χ4n) is 1.04.